The highest BCUT2D eigenvalue weighted by Gasteiger charge is 2.19. The molecule has 0 aliphatic heterocycles. The van der Waals surface area contributed by atoms with Crippen molar-refractivity contribution in [3.05, 3.63) is 85.1 Å². The predicted octanol–water partition coefficient (Wildman–Crippen LogP) is 20.7. The molecule has 0 spiro atoms. The van der Waals surface area contributed by atoms with Crippen LogP contribution in [-0.4, -0.2) is 37.2 Å². The second-order valence-electron chi connectivity index (χ2n) is 20.2. The van der Waals surface area contributed by atoms with Crippen molar-refractivity contribution in [2.45, 2.75) is 303 Å². The molecule has 0 aromatic rings. The van der Waals surface area contributed by atoms with E-state index in [2.05, 4.69) is 106 Å². The molecule has 0 aromatic carbocycles. The minimum atomic E-state index is -0.786. The number of esters is 3. The van der Waals surface area contributed by atoms with Gasteiger partial charge in [-0.25, -0.2) is 0 Å². The van der Waals surface area contributed by atoms with Gasteiger partial charge in [0.25, 0.3) is 0 Å². The maximum Gasteiger partial charge on any atom is 0.306 e. The SMILES string of the molecule is CC/C=C\C/C=C\C/C=C\C/C=C\C/C=C\CCCCCCCCCC(=O)OCC(COC(=O)CCCCCCC/C=C\C/C=C\CCCC)OC(=O)CCCCCCCCCCCCCCCCCCC. The Labute approximate surface area is 445 Å². The average molecular weight is 1000 g/mol. The largest absolute Gasteiger partial charge is 0.462 e. The van der Waals surface area contributed by atoms with E-state index in [0.29, 0.717) is 19.3 Å². The third-order valence-corrected chi connectivity index (χ3v) is 13.1. The lowest BCUT2D eigenvalue weighted by Crippen LogP contribution is -2.30. The Morgan fingerprint density at radius 1 is 0.292 bits per heavy atom. The lowest BCUT2D eigenvalue weighted by Gasteiger charge is -2.18. The molecule has 0 radical (unpaired) electrons. The minimum absolute atomic E-state index is 0.0849. The second kappa shape index (κ2) is 60.1. The van der Waals surface area contributed by atoms with Gasteiger partial charge in [0, 0.05) is 19.3 Å². The van der Waals surface area contributed by atoms with E-state index in [1.807, 2.05) is 0 Å². The van der Waals surface area contributed by atoms with Crippen molar-refractivity contribution in [2.75, 3.05) is 13.2 Å². The number of hydrogen-bond acceptors (Lipinski definition) is 6. The van der Waals surface area contributed by atoms with Gasteiger partial charge in [-0.1, -0.05) is 273 Å². The van der Waals surface area contributed by atoms with Crippen LogP contribution < -0.4 is 0 Å². The Hall–Kier alpha value is -3.41. The lowest BCUT2D eigenvalue weighted by molar-refractivity contribution is -0.167. The summed E-state index contributed by atoms with van der Waals surface area (Å²) in [5.74, 6) is -0.897. The summed E-state index contributed by atoms with van der Waals surface area (Å²) in [6.07, 6.45) is 78.6. The third kappa shape index (κ3) is 57.5. The Balaban J connectivity index is 4.37. The van der Waals surface area contributed by atoms with Gasteiger partial charge in [-0.3, -0.25) is 14.4 Å². The van der Waals surface area contributed by atoms with E-state index in [1.54, 1.807) is 0 Å². The molecule has 0 bridgehead atoms. The molecule has 6 nitrogen and oxygen atoms in total. The van der Waals surface area contributed by atoms with Crippen LogP contribution in [0.3, 0.4) is 0 Å². The quantitative estimate of drug-likeness (QED) is 0.0261. The lowest BCUT2D eigenvalue weighted by atomic mass is 10.0. The van der Waals surface area contributed by atoms with Crippen molar-refractivity contribution in [2.24, 2.45) is 0 Å². The Morgan fingerprint density at radius 3 is 0.889 bits per heavy atom. The number of ether oxygens (including phenoxy) is 3. The number of hydrogen-bond donors (Lipinski definition) is 0. The highest BCUT2D eigenvalue weighted by molar-refractivity contribution is 5.71. The first-order chi connectivity index (χ1) is 35.5. The fourth-order valence-corrected chi connectivity index (χ4v) is 8.55. The molecular weight excluding hydrogens is 889 g/mol. The predicted molar refractivity (Wildman–Crippen MR) is 311 cm³/mol. The average Bonchev–Trinajstić information content (AvgIpc) is 3.38. The van der Waals surface area contributed by atoms with Gasteiger partial charge < -0.3 is 14.2 Å². The fraction of sp³-hybridized carbons (Fsp3) is 0.742. The van der Waals surface area contributed by atoms with Crippen molar-refractivity contribution in [3.63, 3.8) is 0 Å². The molecule has 0 amide bonds. The van der Waals surface area contributed by atoms with E-state index in [1.165, 1.54) is 141 Å². The second-order valence-corrected chi connectivity index (χ2v) is 20.2. The van der Waals surface area contributed by atoms with Crippen LogP contribution in [0.15, 0.2) is 85.1 Å². The van der Waals surface area contributed by atoms with Gasteiger partial charge in [0.2, 0.25) is 0 Å². The molecule has 1 atom stereocenters. The summed E-state index contributed by atoms with van der Waals surface area (Å²) in [4.78, 5) is 38.2. The molecule has 0 saturated carbocycles. The number of rotatable bonds is 55. The van der Waals surface area contributed by atoms with Gasteiger partial charge in [0.15, 0.2) is 6.10 Å². The van der Waals surface area contributed by atoms with E-state index in [0.717, 1.165) is 116 Å². The Kier molecular flexibility index (Phi) is 57.3. The van der Waals surface area contributed by atoms with Crippen LogP contribution in [0.2, 0.25) is 0 Å². The third-order valence-electron chi connectivity index (χ3n) is 13.1. The van der Waals surface area contributed by atoms with E-state index >= 15 is 0 Å². The zero-order valence-electron chi connectivity index (χ0n) is 47.4. The summed E-state index contributed by atoms with van der Waals surface area (Å²) in [7, 11) is 0. The molecular formula is C66H114O6. The van der Waals surface area contributed by atoms with Crippen LogP contribution in [0.4, 0.5) is 0 Å². The molecule has 72 heavy (non-hydrogen) atoms. The zero-order valence-corrected chi connectivity index (χ0v) is 47.4. The van der Waals surface area contributed by atoms with Crippen molar-refractivity contribution in [1.29, 1.82) is 0 Å². The molecule has 0 fully saturated rings. The van der Waals surface area contributed by atoms with Crippen molar-refractivity contribution in [1.82, 2.24) is 0 Å². The Bertz CT molecular complexity index is 1380. The van der Waals surface area contributed by atoms with E-state index in [9.17, 15) is 14.4 Å². The highest BCUT2D eigenvalue weighted by atomic mass is 16.6. The van der Waals surface area contributed by atoms with Crippen molar-refractivity contribution < 1.29 is 28.6 Å². The monoisotopic (exact) mass is 1000 g/mol. The first-order valence-corrected chi connectivity index (χ1v) is 30.6. The summed E-state index contributed by atoms with van der Waals surface area (Å²) >= 11 is 0. The van der Waals surface area contributed by atoms with Crippen LogP contribution in [0.25, 0.3) is 0 Å². The summed E-state index contributed by atoms with van der Waals surface area (Å²) < 4.78 is 16.9. The van der Waals surface area contributed by atoms with E-state index in [4.69, 9.17) is 14.2 Å². The van der Waals surface area contributed by atoms with E-state index in [-0.39, 0.29) is 31.1 Å². The normalized spacial score (nSPS) is 12.7. The zero-order chi connectivity index (χ0) is 52.2. The van der Waals surface area contributed by atoms with Crippen LogP contribution in [0.1, 0.15) is 297 Å². The minimum Gasteiger partial charge on any atom is -0.462 e. The van der Waals surface area contributed by atoms with Gasteiger partial charge in [-0.05, 0) is 89.9 Å². The first-order valence-electron chi connectivity index (χ1n) is 30.6. The smallest absolute Gasteiger partial charge is 0.306 e. The van der Waals surface area contributed by atoms with Crippen LogP contribution >= 0.6 is 0 Å². The van der Waals surface area contributed by atoms with Gasteiger partial charge in [0.05, 0.1) is 0 Å². The van der Waals surface area contributed by atoms with Crippen molar-refractivity contribution >= 4 is 17.9 Å². The summed E-state index contributed by atoms with van der Waals surface area (Å²) in [5.41, 5.74) is 0. The van der Waals surface area contributed by atoms with Crippen LogP contribution in [-0.2, 0) is 28.6 Å². The number of carbonyl (C=O) groups excluding carboxylic acids is 3. The molecule has 0 aliphatic carbocycles. The Morgan fingerprint density at radius 2 is 0.556 bits per heavy atom. The number of unbranched alkanes of at least 4 members (excludes halogenated alkanes) is 30. The molecule has 0 rings (SSSR count). The summed E-state index contributed by atoms with van der Waals surface area (Å²) in [6, 6.07) is 0. The van der Waals surface area contributed by atoms with Crippen molar-refractivity contribution in [3.8, 4) is 0 Å². The molecule has 0 aromatic heterocycles. The number of carbonyl (C=O) groups is 3. The maximum absolute atomic E-state index is 12.9. The fourth-order valence-electron chi connectivity index (χ4n) is 8.55. The molecule has 414 valence electrons. The first kappa shape index (κ1) is 68.6. The maximum atomic E-state index is 12.9. The molecule has 0 heterocycles. The van der Waals surface area contributed by atoms with Gasteiger partial charge in [-0.2, -0.15) is 0 Å². The molecule has 0 aliphatic rings. The highest BCUT2D eigenvalue weighted by Crippen LogP contribution is 2.16. The van der Waals surface area contributed by atoms with Gasteiger partial charge >= 0.3 is 17.9 Å². The van der Waals surface area contributed by atoms with Gasteiger partial charge in [0.1, 0.15) is 13.2 Å². The molecule has 0 saturated heterocycles. The number of allylic oxidation sites excluding steroid dienone is 14. The van der Waals surface area contributed by atoms with Crippen LogP contribution in [0, 0.1) is 0 Å². The molecule has 1 unspecified atom stereocenters. The topological polar surface area (TPSA) is 78.9 Å². The van der Waals surface area contributed by atoms with Crippen LogP contribution in [0.5, 0.6) is 0 Å². The van der Waals surface area contributed by atoms with Gasteiger partial charge in [-0.15, -0.1) is 0 Å². The molecule has 0 N–H and O–H groups in total. The summed E-state index contributed by atoms with van der Waals surface area (Å²) in [5, 5.41) is 0. The standard InChI is InChI=1S/C66H114O6/c1-4-7-10-13-16-19-22-25-28-30-31-32-33-34-35-37-38-41-44-47-50-53-56-59-65(68)71-62-63(61-70-64(67)58-55-52-49-46-43-40-27-24-21-18-15-12-9-6-3)72-66(69)60-57-54-51-48-45-42-39-36-29-26-23-20-17-14-11-8-5-2/h7,10,15-16,18-19,24-25,27-28,31-32,34-35,63H,4-6,8-9,11-14,17,20-23,26,29-30,33,36-62H2,1-3H3/b10-7-,18-15-,19-16-,27-24-,28-25-,32-31-,35-34-. The molecule has 6 heteroatoms. The van der Waals surface area contributed by atoms with E-state index < -0.39 is 6.10 Å². The summed E-state index contributed by atoms with van der Waals surface area (Å²) in [6.45, 7) is 6.49.